The summed E-state index contributed by atoms with van der Waals surface area (Å²) < 4.78 is 0. The van der Waals surface area contributed by atoms with E-state index in [1.54, 1.807) is 35.7 Å². The van der Waals surface area contributed by atoms with Crippen LogP contribution in [-0.2, 0) is 20.9 Å². The minimum Gasteiger partial charge on any atom is -0.350 e. The smallest absolute Gasteiger partial charge is 0.328 e. The first-order chi connectivity index (χ1) is 16.3. The topological polar surface area (TPSA) is 98.8 Å². The third-order valence-corrected chi connectivity index (χ3v) is 6.81. The fraction of sp³-hybridized carbons (Fsp3) is 0.250. The molecule has 2 aromatic rings. The number of amides is 5. The van der Waals surface area contributed by atoms with Crippen molar-refractivity contribution < 1.29 is 19.2 Å². The zero-order valence-electron chi connectivity index (χ0n) is 18.4. The van der Waals surface area contributed by atoms with Gasteiger partial charge in [-0.25, -0.2) is 4.79 Å². The maximum absolute atomic E-state index is 13.2. The molecule has 1 saturated heterocycles. The molecule has 8 nitrogen and oxygen atoms in total. The normalized spacial score (nSPS) is 19.2. The summed E-state index contributed by atoms with van der Waals surface area (Å²) in [6.45, 7) is 1.56. The fourth-order valence-corrected chi connectivity index (χ4v) is 4.99. The molecule has 10 heteroatoms. The predicted octanol–water partition coefficient (Wildman–Crippen LogP) is 3.17. The van der Waals surface area contributed by atoms with Crippen molar-refractivity contribution in [3.05, 3.63) is 76.2 Å². The molecule has 0 aromatic heterocycles. The van der Waals surface area contributed by atoms with Crippen molar-refractivity contribution in [3.63, 3.8) is 0 Å². The first-order valence-corrected chi connectivity index (χ1v) is 12.0. The molecule has 0 radical (unpaired) electrons. The molecule has 2 aliphatic heterocycles. The van der Waals surface area contributed by atoms with Gasteiger partial charge in [-0.15, -0.1) is 11.8 Å². The van der Waals surface area contributed by atoms with Crippen LogP contribution in [0.3, 0.4) is 0 Å². The van der Waals surface area contributed by atoms with Crippen molar-refractivity contribution in [1.29, 1.82) is 0 Å². The lowest BCUT2D eigenvalue weighted by Crippen LogP contribution is -2.64. The minimum absolute atomic E-state index is 0.272. The molecule has 0 bridgehead atoms. The molecule has 0 spiro atoms. The number of urea groups is 1. The number of imide groups is 1. The van der Waals surface area contributed by atoms with Crippen molar-refractivity contribution in [1.82, 2.24) is 15.1 Å². The fourth-order valence-electron chi connectivity index (χ4n) is 3.74. The molecule has 5 amide bonds. The summed E-state index contributed by atoms with van der Waals surface area (Å²) in [5.41, 5.74) is 2.51. The average molecular weight is 499 g/mol. The zero-order valence-corrected chi connectivity index (χ0v) is 19.9. The van der Waals surface area contributed by atoms with Crippen LogP contribution in [-0.4, -0.2) is 57.9 Å². The van der Waals surface area contributed by atoms with E-state index >= 15 is 0 Å². The highest BCUT2D eigenvalue weighted by Gasteiger charge is 2.48. The van der Waals surface area contributed by atoms with E-state index in [0.29, 0.717) is 10.7 Å². The number of anilines is 1. The van der Waals surface area contributed by atoms with Gasteiger partial charge in [0.05, 0.1) is 6.04 Å². The Balaban J connectivity index is 1.42. The lowest BCUT2D eigenvalue weighted by molar-refractivity contribution is -0.136. The van der Waals surface area contributed by atoms with E-state index in [0.717, 1.165) is 16.0 Å². The molecule has 2 aliphatic rings. The van der Waals surface area contributed by atoms with Gasteiger partial charge in [-0.2, -0.15) is 0 Å². The monoisotopic (exact) mass is 498 g/mol. The SMILES string of the molecule is Cc1ccc(CNC(=O)CN2C(=O)C3SC=CC3N(CC(=O)Nc3cccc(Cl)c3)C2=O)cc1. The van der Waals surface area contributed by atoms with Crippen LogP contribution in [0.5, 0.6) is 0 Å². The van der Waals surface area contributed by atoms with E-state index < -0.39 is 41.6 Å². The van der Waals surface area contributed by atoms with Crippen molar-refractivity contribution in [3.8, 4) is 0 Å². The molecule has 4 rings (SSSR count). The Hall–Kier alpha value is -3.30. The van der Waals surface area contributed by atoms with Gasteiger partial charge in [-0.05, 0) is 36.1 Å². The molecular formula is C24H23ClN4O4S. The Morgan fingerprint density at radius 1 is 1.06 bits per heavy atom. The maximum Gasteiger partial charge on any atom is 0.328 e. The van der Waals surface area contributed by atoms with Gasteiger partial charge in [0.1, 0.15) is 18.3 Å². The molecule has 2 atom stereocenters. The molecule has 2 heterocycles. The summed E-state index contributed by atoms with van der Waals surface area (Å²) in [7, 11) is 0. The average Bonchev–Trinajstić information content (AvgIpc) is 3.29. The molecule has 1 fully saturated rings. The minimum atomic E-state index is -0.676. The van der Waals surface area contributed by atoms with E-state index in [1.807, 2.05) is 31.2 Å². The van der Waals surface area contributed by atoms with Crippen LogP contribution in [0.1, 0.15) is 11.1 Å². The summed E-state index contributed by atoms with van der Waals surface area (Å²) in [6.07, 6.45) is 1.73. The number of carbonyl (C=O) groups excluding carboxylic acids is 4. The van der Waals surface area contributed by atoms with Crippen LogP contribution in [0.2, 0.25) is 5.02 Å². The van der Waals surface area contributed by atoms with Gasteiger partial charge in [-0.1, -0.05) is 53.6 Å². The Labute approximate surface area is 206 Å². The summed E-state index contributed by atoms with van der Waals surface area (Å²) in [5.74, 6) is -1.33. The van der Waals surface area contributed by atoms with Crippen LogP contribution in [0.25, 0.3) is 0 Å². The highest BCUT2D eigenvalue weighted by molar-refractivity contribution is 8.03. The number of benzene rings is 2. The first kappa shape index (κ1) is 23.8. The van der Waals surface area contributed by atoms with Gasteiger partial charge in [0.25, 0.3) is 0 Å². The Morgan fingerprint density at radius 3 is 2.56 bits per heavy atom. The first-order valence-electron chi connectivity index (χ1n) is 10.6. The molecule has 2 aromatic carbocycles. The van der Waals surface area contributed by atoms with Crippen LogP contribution in [0, 0.1) is 6.92 Å². The van der Waals surface area contributed by atoms with Crippen molar-refractivity contribution in [2.24, 2.45) is 0 Å². The van der Waals surface area contributed by atoms with Gasteiger partial charge in [-0.3, -0.25) is 19.3 Å². The van der Waals surface area contributed by atoms with Crippen molar-refractivity contribution in [2.75, 3.05) is 18.4 Å². The van der Waals surface area contributed by atoms with E-state index in [9.17, 15) is 19.2 Å². The predicted molar refractivity (Wildman–Crippen MR) is 131 cm³/mol. The number of fused-ring (bicyclic) bond motifs is 1. The quantitative estimate of drug-likeness (QED) is 0.611. The molecule has 2 unspecified atom stereocenters. The highest BCUT2D eigenvalue weighted by atomic mass is 35.5. The Morgan fingerprint density at radius 2 is 1.82 bits per heavy atom. The van der Waals surface area contributed by atoms with Crippen molar-refractivity contribution >= 4 is 52.8 Å². The Bertz CT molecular complexity index is 1150. The standard InChI is InChI=1S/C24H23ClN4O4S/c1-15-5-7-16(8-6-15)12-26-20(30)13-29-23(32)22-19(9-10-34-22)28(24(29)33)14-21(31)27-18-4-2-3-17(25)11-18/h2-11,19,22H,12-14H2,1H3,(H,26,30)(H,27,31). The number of thioether (sulfide) groups is 1. The van der Waals surface area contributed by atoms with Gasteiger partial charge >= 0.3 is 6.03 Å². The third kappa shape index (κ3) is 5.43. The van der Waals surface area contributed by atoms with Crippen LogP contribution >= 0.6 is 23.4 Å². The molecule has 34 heavy (non-hydrogen) atoms. The maximum atomic E-state index is 13.2. The lowest BCUT2D eigenvalue weighted by atomic mass is 10.1. The van der Waals surface area contributed by atoms with Crippen LogP contribution in [0.15, 0.2) is 60.0 Å². The van der Waals surface area contributed by atoms with E-state index in [1.165, 1.54) is 16.7 Å². The van der Waals surface area contributed by atoms with E-state index in [4.69, 9.17) is 11.6 Å². The highest BCUT2D eigenvalue weighted by Crippen LogP contribution is 2.34. The third-order valence-electron chi connectivity index (χ3n) is 5.49. The summed E-state index contributed by atoms with van der Waals surface area (Å²) >= 11 is 7.23. The number of rotatable bonds is 7. The number of aryl methyl sites for hydroxylation is 1. The van der Waals surface area contributed by atoms with Crippen molar-refractivity contribution in [2.45, 2.75) is 24.8 Å². The number of halogens is 1. The number of nitrogens with one attached hydrogen (secondary N) is 2. The number of hydrogen-bond acceptors (Lipinski definition) is 5. The molecular weight excluding hydrogens is 476 g/mol. The van der Waals surface area contributed by atoms with Gasteiger partial charge < -0.3 is 15.5 Å². The second kappa shape index (κ2) is 10.3. The number of nitrogens with zero attached hydrogens (tertiary/aromatic N) is 2. The van der Waals surface area contributed by atoms with Crippen LogP contribution in [0.4, 0.5) is 10.5 Å². The van der Waals surface area contributed by atoms with Gasteiger partial charge in [0, 0.05) is 17.3 Å². The number of hydrogen-bond donors (Lipinski definition) is 2. The zero-order chi connectivity index (χ0) is 24.2. The Kier molecular flexibility index (Phi) is 7.23. The molecule has 0 aliphatic carbocycles. The van der Waals surface area contributed by atoms with Gasteiger partial charge in [0.2, 0.25) is 17.7 Å². The summed E-state index contributed by atoms with van der Waals surface area (Å²) in [4.78, 5) is 53.6. The summed E-state index contributed by atoms with van der Waals surface area (Å²) in [5, 5.41) is 7.06. The summed E-state index contributed by atoms with van der Waals surface area (Å²) in [6, 6.07) is 13.1. The lowest BCUT2D eigenvalue weighted by Gasteiger charge is -2.40. The molecule has 0 saturated carbocycles. The van der Waals surface area contributed by atoms with E-state index in [2.05, 4.69) is 10.6 Å². The second-order valence-corrected chi connectivity index (χ2v) is 9.52. The molecule has 2 N–H and O–H groups in total. The largest absolute Gasteiger partial charge is 0.350 e. The molecule has 176 valence electrons. The van der Waals surface area contributed by atoms with Crippen LogP contribution < -0.4 is 10.6 Å². The van der Waals surface area contributed by atoms with Gasteiger partial charge in [0.15, 0.2) is 0 Å². The van der Waals surface area contributed by atoms with E-state index in [-0.39, 0.29) is 13.1 Å². The number of carbonyl (C=O) groups is 4. The second-order valence-electron chi connectivity index (χ2n) is 8.03.